The molecule has 0 saturated heterocycles. The van der Waals surface area contributed by atoms with Crippen molar-refractivity contribution in [2.45, 2.75) is 0 Å². The summed E-state index contributed by atoms with van der Waals surface area (Å²) in [6.45, 7) is 0. The number of nitrogens with two attached hydrogens (primary N) is 1. The molecule has 1 aromatic heterocycles. The van der Waals surface area contributed by atoms with Gasteiger partial charge in [-0.3, -0.25) is 0 Å². The lowest BCUT2D eigenvalue weighted by Gasteiger charge is -2.02. The van der Waals surface area contributed by atoms with Crippen molar-refractivity contribution in [2.24, 2.45) is 0 Å². The first-order valence-electron chi connectivity index (χ1n) is 4.22. The number of benzene rings is 1. The number of hydrogen-bond acceptors (Lipinski definition) is 6. The lowest BCUT2D eigenvalue weighted by atomic mass is 10.3. The molecule has 2 rings (SSSR count). The van der Waals surface area contributed by atoms with E-state index in [2.05, 4.69) is 9.59 Å². The molecule has 16 heavy (non-hydrogen) atoms. The summed E-state index contributed by atoms with van der Waals surface area (Å²) in [6.07, 6.45) is 0. The average Bonchev–Trinajstić information content (AvgIpc) is 2.64. The van der Waals surface area contributed by atoms with Crippen LogP contribution in [-0.2, 0) is 0 Å². The molecule has 5 nitrogen and oxygen atoms in total. The minimum absolute atomic E-state index is 0.0667. The van der Waals surface area contributed by atoms with Gasteiger partial charge in [0.05, 0.1) is 0 Å². The zero-order valence-corrected chi connectivity index (χ0v) is 9.46. The fourth-order valence-electron chi connectivity index (χ4n) is 1.02. The maximum Gasteiger partial charge on any atom is 0.359 e. The number of carbonyl (C=O) groups is 1. The molecule has 7 heteroatoms. The fraction of sp³-hybridized carbons (Fsp3) is 0. The molecule has 2 aromatic rings. The molecule has 0 radical (unpaired) electrons. The second-order valence-corrected chi connectivity index (χ2v) is 4.02. The third-order valence-corrected chi connectivity index (χ3v) is 2.66. The number of nitrogens with zero attached hydrogens (tertiary/aromatic N) is 2. The van der Waals surface area contributed by atoms with Crippen molar-refractivity contribution in [3.05, 3.63) is 34.2 Å². The molecular weight excluding hydrogens is 250 g/mol. The number of halogens is 1. The van der Waals surface area contributed by atoms with Crippen LogP contribution in [-0.4, -0.2) is 15.6 Å². The summed E-state index contributed by atoms with van der Waals surface area (Å²) in [5.41, 5.74) is 5.43. The number of hydrogen-bond donors (Lipinski definition) is 1. The molecule has 0 aliphatic carbocycles. The quantitative estimate of drug-likeness (QED) is 0.656. The van der Waals surface area contributed by atoms with Crippen LogP contribution in [0.1, 0.15) is 9.67 Å². The van der Waals surface area contributed by atoms with Crippen LogP contribution in [0.2, 0.25) is 5.02 Å². The lowest BCUT2D eigenvalue weighted by Crippen LogP contribution is -2.08. The van der Waals surface area contributed by atoms with Crippen LogP contribution >= 0.6 is 23.1 Å². The van der Waals surface area contributed by atoms with Gasteiger partial charge in [0.2, 0.25) is 0 Å². The van der Waals surface area contributed by atoms with Crippen molar-refractivity contribution in [3.63, 3.8) is 0 Å². The maximum absolute atomic E-state index is 11.6. The van der Waals surface area contributed by atoms with Crippen molar-refractivity contribution in [2.75, 3.05) is 5.73 Å². The van der Waals surface area contributed by atoms with Gasteiger partial charge >= 0.3 is 5.97 Å². The molecular formula is C9H6ClN3O2S. The van der Waals surface area contributed by atoms with Gasteiger partial charge in [-0.1, -0.05) is 22.2 Å². The molecule has 0 unspecified atom stereocenters. The molecule has 2 N–H and O–H groups in total. The average molecular weight is 256 g/mol. The summed E-state index contributed by atoms with van der Waals surface area (Å²) in [7, 11) is 0. The number of carbonyl (C=O) groups excluding carboxylic acids is 1. The van der Waals surface area contributed by atoms with E-state index in [4.69, 9.17) is 22.1 Å². The van der Waals surface area contributed by atoms with Crippen LogP contribution in [0.5, 0.6) is 5.75 Å². The molecule has 82 valence electrons. The van der Waals surface area contributed by atoms with E-state index < -0.39 is 5.97 Å². The smallest absolute Gasteiger partial charge is 0.359 e. The lowest BCUT2D eigenvalue weighted by molar-refractivity contribution is 0.0740. The highest BCUT2D eigenvalue weighted by molar-refractivity contribution is 7.08. The standard InChI is InChI=1S/C9H6ClN3O2S/c10-5-2-1-3-6(4-5)15-9(14)7-8(11)12-13-16-7/h1-4H,11H2. The minimum atomic E-state index is -0.588. The van der Waals surface area contributed by atoms with Crippen molar-refractivity contribution >= 4 is 34.9 Å². The predicted octanol–water partition coefficient (Wildman–Crippen LogP) is 1.99. The zero-order chi connectivity index (χ0) is 11.5. The van der Waals surface area contributed by atoms with Crippen LogP contribution in [0, 0.1) is 0 Å². The Hall–Kier alpha value is -1.66. The first kappa shape index (κ1) is 10.8. The van der Waals surface area contributed by atoms with E-state index in [-0.39, 0.29) is 10.7 Å². The molecule has 1 heterocycles. The molecule has 0 bridgehead atoms. The van der Waals surface area contributed by atoms with Crippen molar-refractivity contribution in [3.8, 4) is 5.75 Å². The first-order chi connectivity index (χ1) is 7.66. The number of aromatic nitrogens is 2. The highest BCUT2D eigenvalue weighted by Gasteiger charge is 2.16. The Morgan fingerprint density at radius 1 is 1.50 bits per heavy atom. The molecule has 0 saturated carbocycles. The summed E-state index contributed by atoms with van der Waals surface area (Å²) in [5.74, 6) is -0.169. The van der Waals surface area contributed by atoms with Gasteiger partial charge < -0.3 is 10.5 Å². The SMILES string of the molecule is Nc1nnsc1C(=O)Oc1cccc(Cl)c1. The van der Waals surface area contributed by atoms with E-state index in [9.17, 15) is 4.79 Å². The van der Waals surface area contributed by atoms with Crippen LogP contribution in [0.15, 0.2) is 24.3 Å². The molecule has 0 aliphatic rings. The van der Waals surface area contributed by atoms with Gasteiger partial charge in [-0.25, -0.2) is 4.79 Å². The minimum Gasteiger partial charge on any atom is -0.422 e. The van der Waals surface area contributed by atoms with Gasteiger partial charge in [-0.15, -0.1) is 5.10 Å². The molecule has 0 spiro atoms. The van der Waals surface area contributed by atoms with E-state index in [0.29, 0.717) is 10.8 Å². The molecule has 0 atom stereocenters. The van der Waals surface area contributed by atoms with Gasteiger partial charge in [-0.2, -0.15) is 0 Å². The summed E-state index contributed by atoms with van der Waals surface area (Å²) in [5, 5.41) is 4.00. The number of anilines is 1. The highest BCUT2D eigenvalue weighted by atomic mass is 35.5. The summed E-state index contributed by atoms with van der Waals surface area (Å²) < 4.78 is 8.59. The van der Waals surface area contributed by atoms with Crippen LogP contribution in [0.4, 0.5) is 5.82 Å². The number of esters is 1. The van der Waals surface area contributed by atoms with Crippen LogP contribution in [0.3, 0.4) is 0 Å². The Morgan fingerprint density at radius 3 is 2.94 bits per heavy atom. The van der Waals surface area contributed by atoms with Crippen molar-refractivity contribution < 1.29 is 9.53 Å². The third kappa shape index (κ3) is 2.29. The van der Waals surface area contributed by atoms with E-state index in [1.807, 2.05) is 0 Å². The molecule has 0 aliphatic heterocycles. The van der Waals surface area contributed by atoms with E-state index >= 15 is 0 Å². The Balaban J connectivity index is 2.17. The Kier molecular flexibility index (Phi) is 3.02. The monoisotopic (exact) mass is 255 g/mol. The van der Waals surface area contributed by atoms with Gasteiger partial charge in [0.15, 0.2) is 10.7 Å². The van der Waals surface area contributed by atoms with Crippen molar-refractivity contribution in [1.82, 2.24) is 9.59 Å². The highest BCUT2D eigenvalue weighted by Crippen LogP contribution is 2.20. The van der Waals surface area contributed by atoms with E-state index in [1.54, 1.807) is 18.2 Å². The molecule has 0 fully saturated rings. The number of nitrogen functional groups attached to an aromatic ring is 1. The summed E-state index contributed by atoms with van der Waals surface area (Å²) >= 11 is 6.63. The Morgan fingerprint density at radius 2 is 2.31 bits per heavy atom. The fourth-order valence-corrected chi connectivity index (χ4v) is 1.66. The van der Waals surface area contributed by atoms with Gasteiger partial charge in [0, 0.05) is 5.02 Å². The second-order valence-electron chi connectivity index (χ2n) is 2.83. The summed E-state index contributed by atoms with van der Waals surface area (Å²) in [6, 6.07) is 6.51. The van der Waals surface area contributed by atoms with Gasteiger partial charge in [0.25, 0.3) is 0 Å². The van der Waals surface area contributed by atoms with E-state index in [0.717, 1.165) is 11.5 Å². The third-order valence-electron chi connectivity index (χ3n) is 1.71. The first-order valence-corrected chi connectivity index (χ1v) is 5.37. The molecule has 0 amide bonds. The van der Waals surface area contributed by atoms with Gasteiger partial charge in [0.1, 0.15) is 5.75 Å². The number of rotatable bonds is 2. The Bertz CT molecular complexity index is 529. The topological polar surface area (TPSA) is 78.1 Å². The second kappa shape index (κ2) is 4.46. The largest absolute Gasteiger partial charge is 0.422 e. The predicted molar refractivity (Wildman–Crippen MR) is 60.7 cm³/mol. The van der Waals surface area contributed by atoms with E-state index in [1.165, 1.54) is 6.07 Å². The van der Waals surface area contributed by atoms with Crippen molar-refractivity contribution in [1.29, 1.82) is 0 Å². The zero-order valence-electron chi connectivity index (χ0n) is 7.88. The van der Waals surface area contributed by atoms with Gasteiger partial charge in [-0.05, 0) is 29.7 Å². The molecule has 1 aromatic carbocycles. The number of ether oxygens (including phenoxy) is 1. The summed E-state index contributed by atoms with van der Waals surface area (Å²) in [4.78, 5) is 11.8. The van der Waals surface area contributed by atoms with Crippen LogP contribution < -0.4 is 10.5 Å². The Labute approximate surface area is 100.0 Å². The maximum atomic E-state index is 11.6. The van der Waals surface area contributed by atoms with Crippen LogP contribution in [0.25, 0.3) is 0 Å². The normalized spacial score (nSPS) is 10.1.